The van der Waals surface area contributed by atoms with E-state index in [-0.39, 0.29) is 44.6 Å². The molecule has 0 aromatic heterocycles. The van der Waals surface area contributed by atoms with Gasteiger partial charge in [0.2, 0.25) is 0 Å². The zero-order chi connectivity index (χ0) is 14.3. The van der Waals surface area contributed by atoms with Crippen molar-refractivity contribution in [1.82, 2.24) is 0 Å². The molecule has 0 aliphatic carbocycles. The van der Waals surface area contributed by atoms with Crippen molar-refractivity contribution in [3.8, 4) is 22.9 Å². The van der Waals surface area contributed by atoms with Crippen LogP contribution < -0.4 is 0 Å². The van der Waals surface area contributed by atoms with Crippen LogP contribution in [0.3, 0.4) is 0 Å². The molecule has 20 heavy (non-hydrogen) atoms. The summed E-state index contributed by atoms with van der Waals surface area (Å²) in [5.41, 5.74) is 2.71. The number of nitrogens with zero attached hydrogens (tertiary/aromatic N) is 1. The monoisotopic (exact) mass is 344 g/mol. The van der Waals surface area contributed by atoms with Crippen LogP contribution in [0.25, 0.3) is 11.1 Å². The van der Waals surface area contributed by atoms with Crippen molar-refractivity contribution < 1.29 is 42.9 Å². The summed E-state index contributed by atoms with van der Waals surface area (Å²) in [5.74, 6) is 0.257. The van der Waals surface area contributed by atoms with Crippen molar-refractivity contribution in [1.29, 1.82) is 5.26 Å². The molecule has 0 aliphatic rings. The van der Waals surface area contributed by atoms with Crippen LogP contribution in [-0.4, -0.2) is 16.3 Å². The molecule has 0 unspecified atom stereocenters. The summed E-state index contributed by atoms with van der Waals surface area (Å²) in [7, 11) is 0. The maximum absolute atomic E-state index is 9.14. The smallest absolute Gasteiger partial charge is 0.115 e. The molecule has 3 nitrogen and oxygen atoms in total. The molecule has 0 fully saturated rings. The second-order valence-electron chi connectivity index (χ2n) is 4.33. The number of phenols is 1. The summed E-state index contributed by atoms with van der Waals surface area (Å²) in [5, 5.41) is 25.9. The van der Waals surface area contributed by atoms with E-state index in [2.05, 4.69) is 6.07 Å². The van der Waals surface area contributed by atoms with Crippen molar-refractivity contribution in [3.05, 3.63) is 54.1 Å². The first-order valence-electron chi connectivity index (χ1n) is 6.00. The van der Waals surface area contributed by atoms with Gasteiger partial charge in [0.05, 0.1) is 11.6 Å². The first-order valence-corrected chi connectivity index (χ1v) is 6.00. The van der Waals surface area contributed by atoms with Crippen LogP contribution in [-0.2, 0) is 32.7 Å². The summed E-state index contributed by atoms with van der Waals surface area (Å²) in [6, 6.07) is 16.4. The van der Waals surface area contributed by atoms with Gasteiger partial charge in [0.25, 0.3) is 0 Å². The minimum atomic E-state index is -0.167. The molecule has 2 aromatic rings. The Hall–Kier alpha value is -1.21. The van der Waals surface area contributed by atoms with Crippen LogP contribution in [0.5, 0.6) is 5.75 Å². The number of rotatable bonds is 1. The number of aromatic hydroxyl groups is 1. The first kappa shape index (κ1) is 18.8. The van der Waals surface area contributed by atoms with Crippen molar-refractivity contribution >= 4 is 0 Å². The molecule has 101 valence electrons. The maximum Gasteiger partial charge on any atom is 0.115 e. The summed E-state index contributed by atoms with van der Waals surface area (Å²) < 4.78 is 0. The van der Waals surface area contributed by atoms with Gasteiger partial charge >= 0.3 is 0 Å². The van der Waals surface area contributed by atoms with E-state index >= 15 is 0 Å². The normalized spacial score (nSPS) is 8.95. The summed E-state index contributed by atoms with van der Waals surface area (Å²) in [6.45, 7) is 3.44. The first-order chi connectivity index (χ1) is 9.02. The van der Waals surface area contributed by atoms with Gasteiger partial charge in [-0.2, -0.15) is 5.26 Å². The third-order valence-electron chi connectivity index (χ3n) is 2.21. The third kappa shape index (κ3) is 6.81. The van der Waals surface area contributed by atoms with Crippen LogP contribution in [0.2, 0.25) is 0 Å². The number of hydrogen-bond acceptors (Lipinski definition) is 3. The topological polar surface area (TPSA) is 64.2 Å². The summed E-state index contributed by atoms with van der Waals surface area (Å²) >= 11 is 0. The summed E-state index contributed by atoms with van der Waals surface area (Å²) in [6.07, 6.45) is -0.167. The Labute approximate surface area is 144 Å². The number of phenolic OH excluding ortho intramolecular Hbond substituents is 1. The molecule has 0 heterocycles. The van der Waals surface area contributed by atoms with Crippen LogP contribution >= 0.6 is 0 Å². The van der Waals surface area contributed by atoms with Gasteiger partial charge in [-0.3, -0.25) is 0 Å². The predicted molar refractivity (Wildman–Crippen MR) is 75.6 cm³/mol. The molecule has 4 heteroatoms. The second kappa shape index (κ2) is 9.66. The zero-order valence-corrected chi connectivity index (χ0v) is 14.5. The molecular weight excluding hydrogens is 327 g/mol. The van der Waals surface area contributed by atoms with Gasteiger partial charge in [0.1, 0.15) is 5.75 Å². The van der Waals surface area contributed by atoms with E-state index in [1.54, 1.807) is 38.1 Å². The van der Waals surface area contributed by atoms with Gasteiger partial charge in [-0.05, 0) is 49.2 Å². The zero-order valence-electron chi connectivity index (χ0n) is 11.6. The third-order valence-corrected chi connectivity index (χ3v) is 2.21. The molecule has 0 bridgehead atoms. The minimum absolute atomic E-state index is 0. The molecule has 0 aliphatic heterocycles. The molecule has 0 atom stereocenters. The SMILES string of the molecule is CC(C)O.N#Cc1ccc(-c2ccc(O)cc2)cc1.[Y]. The molecule has 0 saturated heterocycles. The van der Waals surface area contributed by atoms with Crippen LogP contribution in [0.15, 0.2) is 48.5 Å². The fraction of sp³-hybridized carbons (Fsp3) is 0.188. The summed E-state index contributed by atoms with van der Waals surface area (Å²) in [4.78, 5) is 0. The Morgan fingerprint density at radius 1 is 0.900 bits per heavy atom. The van der Waals surface area contributed by atoms with Crippen molar-refractivity contribution in [2.75, 3.05) is 0 Å². The van der Waals surface area contributed by atoms with Gasteiger partial charge in [-0.1, -0.05) is 24.3 Å². The number of aliphatic hydroxyl groups excluding tert-OH is 1. The van der Waals surface area contributed by atoms with Crippen molar-refractivity contribution in [2.45, 2.75) is 20.0 Å². The van der Waals surface area contributed by atoms with E-state index in [0.717, 1.165) is 11.1 Å². The van der Waals surface area contributed by atoms with E-state index in [4.69, 9.17) is 15.5 Å². The average Bonchev–Trinajstić information content (AvgIpc) is 2.39. The van der Waals surface area contributed by atoms with Gasteiger partial charge in [-0.15, -0.1) is 0 Å². The minimum Gasteiger partial charge on any atom is -0.508 e. The Morgan fingerprint density at radius 2 is 1.25 bits per heavy atom. The van der Waals surface area contributed by atoms with Gasteiger partial charge in [0.15, 0.2) is 0 Å². The van der Waals surface area contributed by atoms with E-state index in [1.807, 2.05) is 24.3 Å². The van der Waals surface area contributed by atoms with Gasteiger partial charge in [0, 0.05) is 38.8 Å². The van der Waals surface area contributed by atoms with Crippen molar-refractivity contribution in [3.63, 3.8) is 0 Å². The van der Waals surface area contributed by atoms with Crippen LogP contribution in [0, 0.1) is 11.3 Å². The van der Waals surface area contributed by atoms with E-state index in [9.17, 15) is 0 Å². The molecule has 1 radical (unpaired) electrons. The van der Waals surface area contributed by atoms with Crippen LogP contribution in [0.1, 0.15) is 19.4 Å². The molecule has 0 saturated carbocycles. The van der Waals surface area contributed by atoms with Crippen molar-refractivity contribution in [2.24, 2.45) is 0 Å². The van der Waals surface area contributed by atoms with Gasteiger partial charge < -0.3 is 10.2 Å². The van der Waals surface area contributed by atoms with Crippen LogP contribution in [0.4, 0.5) is 0 Å². The van der Waals surface area contributed by atoms with E-state index in [1.165, 1.54) is 0 Å². The predicted octanol–water partition coefficient (Wildman–Crippen LogP) is 3.32. The fourth-order valence-corrected chi connectivity index (χ4v) is 1.39. The van der Waals surface area contributed by atoms with E-state index in [0.29, 0.717) is 5.56 Å². The second-order valence-corrected chi connectivity index (χ2v) is 4.33. The Bertz CT molecular complexity index is 539. The maximum atomic E-state index is 9.14. The molecule has 2 rings (SSSR count). The quantitative estimate of drug-likeness (QED) is 0.834. The number of benzene rings is 2. The fourth-order valence-electron chi connectivity index (χ4n) is 1.39. The largest absolute Gasteiger partial charge is 0.508 e. The number of hydrogen-bond donors (Lipinski definition) is 2. The standard InChI is InChI=1S/C13H9NO.C3H8O.Y/c14-9-10-1-3-11(4-2-10)12-5-7-13(15)8-6-12;1-3(2)4;/h1-8,15H;3-4H,1-2H3;. The Balaban J connectivity index is 0.000000644. The Kier molecular flexibility index (Phi) is 9.08. The number of nitriles is 1. The van der Waals surface area contributed by atoms with E-state index < -0.39 is 0 Å². The number of aliphatic hydroxyl groups is 1. The molecule has 2 N–H and O–H groups in total. The van der Waals surface area contributed by atoms with Gasteiger partial charge in [-0.25, -0.2) is 0 Å². The Morgan fingerprint density at radius 3 is 1.60 bits per heavy atom. The molecule has 0 amide bonds. The molecule has 2 aromatic carbocycles. The molecular formula is C16H17NO2Y. The average molecular weight is 344 g/mol. The molecule has 0 spiro atoms.